The predicted molar refractivity (Wildman–Crippen MR) is 120 cm³/mol. The van der Waals surface area contributed by atoms with E-state index in [9.17, 15) is 14.3 Å². The lowest BCUT2D eigenvalue weighted by atomic mass is 9.79. The Labute approximate surface area is 188 Å². The second-order valence-corrected chi connectivity index (χ2v) is 9.60. The summed E-state index contributed by atoms with van der Waals surface area (Å²) in [6.07, 6.45) is 5.51. The van der Waals surface area contributed by atoms with Crippen LogP contribution in [-0.4, -0.2) is 76.2 Å². The molecule has 1 atom stereocenters. The van der Waals surface area contributed by atoms with E-state index in [1.165, 1.54) is 12.1 Å². The van der Waals surface area contributed by atoms with Crippen LogP contribution in [0.25, 0.3) is 0 Å². The Morgan fingerprint density at radius 3 is 2.44 bits per heavy atom. The van der Waals surface area contributed by atoms with Gasteiger partial charge < -0.3 is 14.9 Å². The third-order valence-electron chi connectivity index (χ3n) is 6.77. The SMILES string of the molecule is CN(Cc1ccc(F)cc1)C[C@]1(O)CCN(C(=O)C2(C)CCN(c3ncccn3)CC2)C1. The lowest BCUT2D eigenvalue weighted by Crippen LogP contribution is -2.50. The maximum absolute atomic E-state index is 13.4. The molecule has 0 unspecified atom stereocenters. The van der Waals surface area contributed by atoms with Crippen molar-refractivity contribution >= 4 is 11.9 Å². The van der Waals surface area contributed by atoms with Gasteiger partial charge in [0.05, 0.1) is 12.1 Å². The van der Waals surface area contributed by atoms with Gasteiger partial charge in [-0.15, -0.1) is 0 Å². The van der Waals surface area contributed by atoms with Crippen LogP contribution in [0.3, 0.4) is 0 Å². The third-order valence-corrected chi connectivity index (χ3v) is 6.77. The van der Waals surface area contributed by atoms with Crippen molar-refractivity contribution in [3.8, 4) is 0 Å². The lowest BCUT2D eigenvalue weighted by molar-refractivity contribution is -0.142. The highest BCUT2D eigenvalue weighted by molar-refractivity contribution is 5.83. The molecule has 8 heteroatoms. The summed E-state index contributed by atoms with van der Waals surface area (Å²) in [6.45, 7) is 5.52. The Morgan fingerprint density at radius 1 is 1.12 bits per heavy atom. The first-order valence-electron chi connectivity index (χ1n) is 11.2. The van der Waals surface area contributed by atoms with E-state index in [2.05, 4.69) is 14.9 Å². The predicted octanol–water partition coefficient (Wildman–Crippen LogP) is 2.32. The van der Waals surface area contributed by atoms with Crippen molar-refractivity contribution in [3.63, 3.8) is 0 Å². The number of carbonyl (C=O) groups is 1. The maximum atomic E-state index is 13.4. The molecule has 1 aromatic carbocycles. The Kier molecular flexibility index (Phi) is 6.44. The van der Waals surface area contributed by atoms with E-state index in [0.717, 1.165) is 31.5 Å². The van der Waals surface area contributed by atoms with Crippen molar-refractivity contribution in [3.05, 3.63) is 54.1 Å². The number of hydrogen-bond acceptors (Lipinski definition) is 6. The molecule has 3 heterocycles. The van der Waals surface area contributed by atoms with Crippen LogP contribution in [0.5, 0.6) is 0 Å². The number of amides is 1. The molecule has 1 amide bonds. The number of piperidine rings is 1. The first-order valence-corrected chi connectivity index (χ1v) is 11.2. The quantitative estimate of drug-likeness (QED) is 0.742. The highest BCUT2D eigenvalue weighted by Crippen LogP contribution is 2.36. The zero-order valence-corrected chi connectivity index (χ0v) is 18.9. The minimum atomic E-state index is -0.931. The lowest BCUT2D eigenvalue weighted by Gasteiger charge is -2.40. The summed E-state index contributed by atoms with van der Waals surface area (Å²) in [5.41, 5.74) is -0.374. The molecule has 0 radical (unpaired) electrons. The van der Waals surface area contributed by atoms with Crippen molar-refractivity contribution < 1.29 is 14.3 Å². The fourth-order valence-electron chi connectivity index (χ4n) is 4.87. The van der Waals surface area contributed by atoms with Gasteiger partial charge in [0.15, 0.2) is 0 Å². The van der Waals surface area contributed by atoms with Crippen LogP contribution >= 0.6 is 0 Å². The van der Waals surface area contributed by atoms with E-state index in [4.69, 9.17) is 0 Å². The minimum absolute atomic E-state index is 0.128. The first-order chi connectivity index (χ1) is 15.3. The summed E-state index contributed by atoms with van der Waals surface area (Å²) in [5.74, 6) is 0.584. The molecule has 1 aromatic heterocycles. The highest BCUT2D eigenvalue weighted by atomic mass is 19.1. The van der Waals surface area contributed by atoms with Gasteiger partial charge in [-0.1, -0.05) is 19.1 Å². The summed E-state index contributed by atoms with van der Waals surface area (Å²) in [5, 5.41) is 11.2. The molecule has 7 nitrogen and oxygen atoms in total. The number of rotatable bonds is 6. The van der Waals surface area contributed by atoms with Gasteiger partial charge in [0, 0.05) is 50.5 Å². The van der Waals surface area contributed by atoms with Gasteiger partial charge in [-0.3, -0.25) is 9.69 Å². The molecule has 2 aromatic rings. The number of benzene rings is 1. The molecule has 0 bridgehead atoms. The van der Waals surface area contributed by atoms with E-state index in [1.54, 1.807) is 30.6 Å². The first kappa shape index (κ1) is 22.6. The van der Waals surface area contributed by atoms with Crippen molar-refractivity contribution in [1.82, 2.24) is 19.8 Å². The molecule has 172 valence electrons. The van der Waals surface area contributed by atoms with Gasteiger partial charge in [0.25, 0.3) is 0 Å². The van der Waals surface area contributed by atoms with E-state index in [-0.39, 0.29) is 11.7 Å². The number of aliphatic hydroxyl groups is 1. The normalized spacial score (nSPS) is 23.0. The van der Waals surface area contributed by atoms with Crippen LogP contribution in [-0.2, 0) is 11.3 Å². The average Bonchev–Trinajstić information content (AvgIpc) is 3.17. The summed E-state index contributed by atoms with van der Waals surface area (Å²) in [4.78, 5) is 28.0. The topological polar surface area (TPSA) is 72.8 Å². The van der Waals surface area contributed by atoms with Crippen molar-refractivity contribution in [2.24, 2.45) is 5.41 Å². The number of likely N-dealkylation sites (N-methyl/N-ethyl adjacent to an activating group) is 1. The fraction of sp³-hybridized carbons (Fsp3) is 0.542. The molecule has 1 N–H and O–H groups in total. The second-order valence-electron chi connectivity index (χ2n) is 9.60. The van der Waals surface area contributed by atoms with Crippen LogP contribution < -0.4 is 4.90 Å². The number of anilines is 1. The van der Waals surface area contributed by atoms with Gasteiger partial charge in [0.2, 0.25) is 11.9 Å². The van der Waals surface area contributed by atoms with Crippen LogP contribution in [0.4, 0.5) is 10.3 Å². The van der Waals surface area contributed by atoms with Gasteiger partial charge in [-0.2, -0.15) is 0 Å². The van der Waals surface area contributed by atoms with Crippen molar-refractivity contribution in [2.75, 3.05) is 44.7 Å². The van der Waals surface area contributed by atoms with Crippen molar-refractivity contribution in [2.45, 2.75) is 38.3 Å². The Hall–Kier alpha value is -2.58. The number of carbonyl (C=O) groups excluding carboxylic acids is 1. The standard InChI is InChI=1S/C24H32FN5O2/c1-23(8-13-29(14-9-23)22-26-11-3-12-27-22)21(31)30-15-10-24(32,18-30)17-28(2)16-19-4-6-20(25)7-5-19/h3-7,11-12,32H,8-10,13-18H2,1-2H3/t24-/m1/s1. The highest BCUT2D eigenvalue weighted by Gasteiger charge is 2.45. The molecule has 2 aliphatic rings. The van der Waals surface area contributed by atoms with Gasteiger partial charge in [-0.05, 0) is 50.1 Å². The molecule has 4 rings (SSSR count). The van der Waals surface area contributed by atoms with E-state index < -0.39 is 11.0 Å². The number of nitrogens with zero attached hydrogens (tertiary/aromatic N) is 5. The number of halogens is 1. The van der Waals surface area contributed by atoms with Crippen LogP contribution in [0.1, 0.15) is 31.7 Å². The molecule has 2 aliphatic heterocycles. The number of aromatic nitrogens is 2. The van der Waals surface area contributed by atoms with Crippen molar-refractivity contribution in [1.29, 1.82) is 0 Å². The zero-order chi connectivity index (χ0) is 22.8. The molecule has 0 aliphatic carbocycles. The molecule has 32 heavy (non-hydrogen) atoms. The molecule has 0 saturated carbocycles. The van der Waals surface area contributed by atoms with Gasteiger partial charge >= 0.3 is 0 Å². The third kappa shape index (κ3) is 5.07. The average molecular weight is 442 g/mol. The van der Waals surface area contributed by atoms with Crippen LogP contribution in [0.2, 0.25) is 0 Å². The molecule has 0 spiro atoms. The number of hydrogen-bond donors (Lipinski definition) is 1. The molecular weight excluding hydrogens is 409 g/mol. The largest absolute Gasteiger partial charge is 0.387 e. The summed E-state index contributed by atoms with van der Waals surface area (Å²) in [6, 6.07) is 8.21. The Bertz CT molecular complexity index is 918. The second kappa shape index (κ2) is 9.11. The van der Waals surface area contributed by atoms with Gasteiger partial charge in [-0.25, -0.2) is 14.4 Å². The summed E-state index contributed by atoms with van der Waals surface area (Å²) < 4.78 is 13.1. The summed E-state index contributed by atoms with van der Waals surface area (Å²) in [7, 11) is 1.94. The molecule has 2 saturated heterocycles. The Balaban J connectivity index is 1.31. The number of likely N-dealkylation sites (tertiary alicyclic amines) is 1. The summed E-state index contributed by atoms with van der Waals surface area (Å²) >= 11 is 0. The number of β-amino-alcohol motifs (C(OH)–C–C–N with tert-alkyl or cyclic N) is 1. The van der Waals surface area contributed by atoms with Gasteiger partial charge in [0.1, 0.15) is 5.82 Å². The minimum Gasteiger partial charge on any atom is -0.387 e. The van der Waals surface area contributed by atoms with E-state index in [0.29, 0.717) is 38.5 Å². The molecular formula is C24H32FN5O2. The van der Waals surface area contributed by atoms with Crippen LogP contribution in [0, 0.1) is 11.2 Å². The Morgan fingerprint density at radius 2 is 1.78 bits per heavy atom. The monoisotopic (exact) mass is 441 g/mol. The fourth-order valence-corrected chi connectivity index (χ4v) is 4.87. The smallest absolute Gasteiger partial charge is 0.228 e. The molecule has 2 fully saturated rings. The van der Waals surface area contributed by atoms with E-state index >= 15 is 0 Å². The van der Waals surface area contributed by atoms with E-state index in [1.807, 2.05) is 23.8 Å². The zero-order valence-electron chi connectivity index (χ0n) is 18.9. The maximum Gasteiger partial charge on any atom is 0.228 e. The van der Waals surface area contributed by atoms with Crippen LogP contribution in [0.15, 0.2) is 42.7 Å².